The van der Waals surface area contributed by atoms with Crippen LogP contribution in [-0.2, 0) is 11.3 Å². The van der Waals surface area contributed by atoms with Gasteiger partial charge >= 0.3 is 0 Å². The summed E-state index contributed by atoms with van der Waals surface area (Å²) in [4.78, 5) is 26.0. The van der Waals surface area contributed by atoms with Crippen LogP contribution in [-0.4, -0.2) is 30.3 Å². The van der Waals surface area contributed by atoms with E-state index in [0.29, 0.717) is 12.1 Å². The van der Waals surface area contributed by atoms with Crippen molar-refractivity contribution in [3.8, 4) is 0 Å². The van der Waals surface area contributed by atoms with Gasteiger partial charge < -0.3 is 16.0 Å². The van der Waals surface area contributed by atoms with Crippen LogP contribution in [0.1, 0.15) is 27.0 Å². The van der Waals surface area contributed by atoms with Crippen LogP contribution < -0.4 is 11.1 Å². The van der Waals surface area contributed by atoms with Gasteiger partial charge in [-0.1, -0.05) is 30.3 Å². The van der Waals surface area contributed by atoms with Gasteiger partial charge in [-0.15, -0.1) is 12.4 Å². The Morgan fingerprint density at radius 3 is 2.12 bits per heavy atom. The van der Waals surface area contributed by atoms with E-state index in [1.54, 1.807) is 19.2 Å². The maximum absolute atomic E-state index is 12.4. The summed E-state index contributed by atoms with van der Waals surface area (Å²) in [7, 11) is 1.61. The molecule has 5 nitrogen and oxygen atoms in total. The van der Waals surface area contributed by atoms with Gasteiger partial charge in [0.1, 0.15) is 0 Å². The van der Waals surface area contributed by atoms with Crippen LogP contribution >= 0.6 is 12.4 Å². The van der Waals surface area contributed by atoms with Gasteiger partial charge in [-0.2, -0.15) is 0 Å². The summed E-state index contributed by atoms with van der Waals surface area (Å²) in [5.74, 6) is -0.419. The number of anilines is 1. The minimum absolute atomic E-state index is 0. The molecule has 0 saturated heterocycles. The van der Waals surface area contributed by atoms with E-state index in [2.05, 4.69) is 5.32 Å². The van der Waals surface area contributed by atoms with Gasteiger partial charge in [0.25, 0.3) is 5.91 Å². The number of para-hydroxylation sites is 1. The minimum Gasteiger partial charge on any atom is -0.332 e. The molecule has 0 saturated carbocycles. The van der Waals surface area contributed by atoms with Gasteiger partial charge in [0.2, 0.25) is 5.91 Å². The van der Waals surface area contributed by atoms with Gasteiger partial charge in [0.15, 0.2) is 0 Å². The van der Waals surface area contributed by atoms with Gasteiger partial charge in [0.05, 0.1) is 6.54 Å². The van der Waals surface area contributed by atoms with E-state index in [9.17, 15) is 9.59 Å². The number of hydrogen-bond acceptors (Lipinski definition) is 3. The lowest BCUT2D eigenvalue weighted by Gasteiger charge is -2.18. The van der Waals surface area contributed by atoms with Crippen LogP contribution in [0.15, 0.2) is 42.5 Å². The van der Waals surface area contributed by atoms with Crippen molar-refractivity contribution in [3.05, 3.63) is 64.7 Å². The Bertz CT molecular complexity index is 725. The molecular formula is C19H24ClN3O2. The number of amides is 2. The number of nitrogens with zero attached hydrogens (tertiary/aromatic N) is 1. The van der Waals surface area contributed by atoms with Crippen molar-refractivity contribution < 1.29 is 9.59 Å². The van der Waals surface area contributed by atoms with Crippen molar-refractivity contribution in [1.29, 1.82) is 0 Å². The fraction of sp³-hybridized carbons (Fsp3) is 0.263. The van der Waals surface area contributed by atoms with Gasteiger partial charge in [-0.05, 0) is 42.7 Å². The second-order valence-electron chi connectivity index (χ2n) is 5.88. The smallest absolute Gasteiger partial charge is 0.254 e. The summed E-state index contributed by atoms with van der Waals surface area (Å²) in [6.45, 7) is 4.31. The summed E-state index contributed by atoms with van der Waals surface area (Å²) >= 11 is 0. The molecule has 25 heavy (non-hydrogen) atoms. The highest BCUT2D eigenvalue weighted by Gasteiger charge is 2.16. The molecule has 2 amide bonds. The van der Waals surface area contributed by atoms with E-state index in [0.717, 1.165) is 22.4 Å². The predicted molar refractivity (Wildman–Crippen MR) is 103 cm³/mol. The summed E-state index contributed by atoms with van der Waals surface area (Å²) < 4.78 is 0. The van der Waals surface area contributed by atoms with Gasteiger partial charge in [-0.3, -0.25) is 9.59 Å². The summed E-state index contributed by atoms with van der Waals surface area (Å²) in [6.07, 6.45) is 0. The van der Waals surface area contributed by atoms with E-state index in [1.165, 1.54) is 4.90 Å². The molecular weight excluding hydrogens is 338 g/mol. The SMILES string of the molecule is Cc1cccc(C)c1NC(=O)CN(C)C(=O)c1ccc(CN)cc1.Cl. The third kappa shape index (κ3) is 5.31. The Hall–Kier alpha value is -2.37. The molecule has 2 aromatic carbocycles. The zero-order valence-corrected chi connectivity index (χ0v) is 15.5. The molecule has 0 aliphatic heterocycles. The average Bonchev–Trinajstić information content (AvgIpc) is 2.57. The van der Waals surface area contributed by atoms with Crippen LogP contribution in [0.25, 0.3) is 0 Å². The second-order valence-corrected chi connectivity index (χ2v) is 5.88. The first-order chi connectivity index (χ1) is 11.4. The molecule has 0 aliphatic rings. The normalized spacial score (nSPS) is 9.92. The molecule has 0 heterocycles. The van der Waals surface area contributed by atoms with Crippen LogP contribution in [0.2, 0.25) is 0 Å². The summed E-state index contributed by atoms with van der Waals surface area (Å²) in [5.41, 5.74) is 9.84. The molecule has 134 valence electrons. The fourth-order valence-electron chi connectivity index (χ4n) is 2.48. The third-order valence-electron chi connectivity index (χ3n) is 3.91. The van der Waals surface area contributed by atoms with Crippen LogP contribution in [0, 0.1) is 13.8 Å². The van der Waals surface area contributed by atoms with Gasteiger partial charge in [0, 0.05) is 24.8 Å². The Morgan fingerprint density at radius 2 is 1.60 bits per heavy atom. The maximum Gasteiger partial charge on any atom is 0.254 e. The highest BCUT2D eigenvalue weighted by Crippen LogP contribution is 2.19. The second kappa shape index (κ2) is 9.20. The summed E-state index contributed by atoms with van der Waals surface area (Å²) in [5, 5.41) is 2.88. The Labute approximate surface area is 154 Å². The highest BCUT2D eigenvalue weighted by molar-refractivity contribution is 5.99. The largest absolute Gasteiger partial charge is 0.332 e. The molecule has 0 aromatic heterocycles. The topological polar surface area (TPSA) is 75.4 Å². The third-order valence-corrected chi connectivity index (χ3v) is 3.91. The number of carbonyl (C=O) groups excluding carboxylic acids is 2. The first-order valence-electron chi connectivity index (χ1n) is 7.83. The zero-order chi connectivity index (χ0) is 17.7. The number of nitrogens with one attached hydrogen (secondary N) is 1. The number of rotatable bonds is 5. The average molecular weight is 362 g/mol. The Balaban J connectivity index is 0.00000312. The molecule has 0 aliphatic carbocycles. The van der Waals surface area contributed by atoms with Crippen molar-refractivity contribution in [2.45, 2.75) is 20.4 Å². The van der Waals surface area contributed by atoms with Crippen LogP contribution in [0.3, 0.4) is 0 Å². The minimum atomic E-state index is -0.221. The predicted octanol–water partition coefficient (Wildman–Crippen LogP) is 2.89. The number of benzene rings is 2. The lowest BCUT2D eigenvalue weighted by Crippen LogP contribution is -2.35. The standard InChI is InChI=1S/C19H23N3O2.ClH/c1-13-5-4-6-14(2)18(13)21-17(23)12-22(3)19(24)16-9-7-15(11-20)8-10-16;/h4-10H,11-12,20H2,1-3H3,(H,21,23);1H. The molecule has 2 aromatic rings. The number of aryl methyl sites for hydroxylation is 2. The van der Waals surface area contributed by atoms with Crippen molar-refractivity contribution >= 4 is 29.9 Å². The lowest BCUT2D eigenvalue weighted by molar-refractivity contribution is -0.116. The quantitative estimate of drug-likeness (QED) is 0.859. The van der Waals surface area contributed by atoms with Crippen LogP contribution in [0.4, 0.5) is 5.69 Å². The number of carbonyl (C=O) groups is 2. The first kappa shape index (κ1) is 20.7. The molecule has 3 N–H and O–H groups in total. The van der Waals surface area contributed by atoms with Crippen molar-refractivity contribution in [2.75, 3.05) is 18.9 Å². The molecule has 2 rings (SSSR count). The van der Waals surface area contributed by atoms with E-state index >= 15 is 0 Å². The number of likely N-dealkylation sites (N-methyl/N-ethyl adjacent to an activating group) is 1. The number of nitrogens with two attached hydrogens (primary N) is 1. The number of halogens is 1. The molecule has 0 fully saturated rings. The molecule has 0 bridgehead atoms. The van der Waals surface area contributed by atoms with Crippen LogP contribution in [0.5, 0.6) is 0 Å². The van der Waals surface area contributed by atoms with E-state index < -0.39 is 0 Å². The number of hydrogen-bond donors (Lipinski definition) is 2. The fourth-order valence-corrected chi connectivity index (χ4v) is 2.48. The van der Waals surface area contributed by atoms with E-state index in [1.807, 2.05) is 44.2 Å². The molecule has 0 unspecified atom stereocenters. The zero-order valence-electron chi connectivity index (χ0n) is 14.7. The lowest BCUT2D eigenvalue weighted by atomic mass is 10.1. The van der Waals surface area contributed by atoms with Gasteiger partial charge in [-0.25, -0.2) is 0 Å². The molecule has 6 heteroatoms. The maximum atomic E-state index is 12.4. The van der Waals surface area contributed by atoms with Crippen molar-refractivity contribution in [1.82, 2.24) is 4.90 Å². The first-order valence-corrected chi connectivity index (χ1v) is 7.83. The summed E-state index contributed by atoms with van der Waals surface area (Å²) in [6, 6.07) is 12.9. The molecule has 0 spiro atoms. The molecule has 0 radical (unpaired) electrons. The highest BCUT2D eigenvalue weighted by atomic mass is 35.5. The van der Waals surface area contributed by atoms with Crippen molar-refractivity contribution in [3.63, 3.8) is 0 Å². The van der Waals surface area contributed by atoms with E-state index in [-0.39, 0.29) is 30.8 Å². The monoisotopic (exact) mass is 361 g/mol. The Kier molecular flexibility index (Phi) is 7.61. The Morgan fingerprint density at radius 1 is 1.04 bits per heavy atom. The molecule has 0 atom stereocenters. The van der Waals surface area contributed by atoms with E-state index in [4.69, 9.17) is 5.73 Å². The van der Waals surface area contributed by atoms with Crippen molar-refractivity contribution in [2.24, 2.45) is 5.73 Å².